The van der Waals surface area contributed by atoms with Crippen LogP contribution < -0.4 is 10.6 Å². The van der Waals surface area contributed by atoms with Gasteiger partial charge in [-0.2, -0.15) is 0 Å². The fraction of sp³-hybridized carbons (Fsp3) is 0.333. The summed E-state index contributed by atoms with van der Waals surface area (Å²) in [6, 6.07) is 13.4. The van der Waals surface area contributed by atoms with Crippen LogP contribution in [-0.4, -0.2) is 6.54 Å². The van der Waals surface area contributed by atoms with Crippen LogP contribution in [0, 0.1) is 5.82 Å². The van der Waals surface area contributed by atoms with Gasteiger partial charge in [-0.05, 0) is 54.7 Å². The molecule has 0 amide bonds. The van der Waals surface area contributed by atoms with E-state index in [9.17, 15) is 4.39 Å². The van der Waals surface area contributed by atoms with Gasteiger partial charge in [0.25, 0.3) is 0 Å². The first-order valence-electron chi connectivity index (χ1n) is 7.52. The third-order valence-corrected chi connectivity index (χ3v) is 4.17. The number of anilines is 1. The van der Waals surface area contributed by atoms with Gasteiger partial charge in [0.15, 0.2) is 0 Å². The number of nitrogens with two attached hydrogens (primary N) is 1. The van der Waals surface area contributed by atoms with E-state index in [2.05, 4.69) is 29.2 Å². The average molecular weight is 284 g/mol. The van der Waals surface area contributed by atoms with Gasteiger partial charge in [-0.3, -0.25) is 0 Å². The van der Waals surface area contributed by atoms with E-state index in [1.807, 2.05) is 13.0 Å². The molecule has 2 nitrogen and oxygen atoms in total. The highest BCUT2D eigenvalue weighted by Crippen LogP contribution is 2.30. The molecule has 0 fully saturated rings. The van der Waals surface area contributed by atoms with Gasteiger partial charge in [0.1, 0.15) is 5.82 Å². The molecular formula is C18H21FN2. The summed E-state index contributed by atoms with van der Waals surface area (Å²) in [6.45, 7) is 3.74. The number of hydrogen-bond donors (Lipinski definition) is 1. The third-order valence-electron chi connectivity index (χ3n) is 4.17. The van der Waals surface area contributed by atoms with Gasteiger partial charge in [-0.1, -0.05) is 24.3 Å². The Kier molecular flexibility index (Phi) is 3.93. The lowest BCUT2D eigenvalue weighted by Gasteiger charge is -2.27. The summed E-state index contributed by atoms with van der Waals surface area (Å²) in [5, 5.41) is 0. The number of nitrogens with zero attached hydrogens (tertiary/aromatic N) is 1. The minimum atomic E-state index is -0.221. The van der Waals surface area contributed by atoms with Crippen LogP contribution in [0.5, 0.6) is 0 Å². The first-order valence-corrected chi connectivity index (χ1v) is 7.52. The second-order valence-corrected chi connectivity index (χ2v) is 5.79. The molecule has 3 rings (SSSR count). The number of hydrogen-bond acceptors (Lipinski definition) is 2. The monoisotopic (exact) mass is 284 g/mol. The first-order chi connectivity index (χ1) is 10.1. The van der Waals surface area contributed by atoms with Crippen LogP contribution in [0.4, 0.5) is 10.1 Å². The molecule has 2 aromatic carbocycles. The average Bonchev–Trinajstić information content (AvgIpc) is 2.69. The summed E-state index contributed by atoms with van der Waals surface area (Å²) < 4.78 is 13.5. The van der Waals surface area contributed by atoms with Crippen molar-refractivity contribution >= 4 is 5.69 Å². The fourth-order valence-corrected chi connectivity index (χ4v) is 3.08. The van der Waals surface area contributed by atoms with Crippen molar-refractivity contribution in [1.82, 2.24) is 0 Å². The molecule has 0 saturated carbocycles. The zero-order chi connectivity index (χ0) is 14.8. The Hall–Kier alpha value is -1.87. The minimum Gasteiger partial charge on any atom is -0.367 e. The topological polar surface area (TPSA) is 29.3 Å². The molecule has 2 N–H and O–H groups in total. The lowest BCUT2D eigenvalue weighted by molar-refractivity contribution is 0.621. The first kappa shape index (κ1) is 14.1. The van der Waals surface area contributed by atoms with E-state index in [1.54, 1.807) is 6.07 Å². The van der Waals surface area contributed by atoms with Gasteiger partial charge >= 0.3 is 0 Å². The molecule has 1 aliphatic heterocycles. The van der Waals surface area contributed by atoms with E-state index in [4.69, 9.17) is 5.73 Å². The summed E-state index contributed by atoms with van der Waals surface area (Å²) in [5.41, 5.74) is 10.7. The van der Waals surface area contributed by atoms with Crippen molar-refractivity contribution in [3.63, 3.8) is 0 Å². The van der Waals surface area contributed by atoms with Gasteiger partial charge in [-0.25, -0.2) is 4.39 Å². The number of fused-ring (bicyclic) bond motifs is 1. The molecule has 3 heteroatoms. The SMILES string of the molecule is CC(N)c1cc(F)ccc1N1CCCc2ccccc2C1. The molecule has 0 spiro atoms. The number of aryl methyl sites for hydroxylation is 1. The van der Waals surface area contributed by atoms with Crippen LogP contribution in [0.3, 0.4) is 0 Å². The predicted octanol–water partition coefficient (Wildman–Crippen LogP) is 3.80. The van der Waals surface area contributed by atoms with Crippen molar-refractivity contribution in [1.29, 1.82) is 0 Å². The van der Waals surface area contributed by atoms with E-state index < -0.39 is 0 Å². The van der Waals surface area contributed by atoms with E-state index >= 15 is 0 Å². The molecule has 0 bridgehead atoms. The summed E-state index contributed by atoms with van der Waals surface area (Å²) in [4.78, 5) is 2.32. The van der Waals surface area contributed by atoms with Crippen LogP contribution in [0.15, 0.2) is 42.5 Å². The van der Waals surface area contributed by atoms with Gasteiger partial charge in [0.2, 0.25) is 0 Å². The van der Waals surface area contributed by atoms with Crippen molar-refractivity contribution < 1.29 is 4.39 Å². The predicted molar refractivity (Wildman–Crippen MR) is 84.8 cm³/mol. The zero-order valence-electron chi connectivity index (χ0n) is 12.3. The van der Waals surface area contributed by atoms with Crippen LogP contribution in [0.25, 0.3) is 0 Å². The van der Waals surface area contributed by atoms with Crippen molar-refractivity contribution in [2.75, 3.05) is 11.4 Å². The number of benzene rings is 2. The number of halogens is 1. The second kappa shape index (κ2) is 5.86. The lowest BCUT2D eigenvalue weighted by atomic mass is 10.0. The Morgan fingerprint density at radius 3 is 2.67 bits per heavy atom. The molecule has 110 valence electrons. The van der Waals surface area contributed by atoms with Crippen LogP contribution in [0.2, 0.25) is 0 Å². The third kappa shape index (κ3) is 2.93. The lowest BCUT2D eigenvalue weighted by Crippen LogP contribution is -2.25. The van der Waals surface area contributed by atoms with E-state index in [0.717, 1.165) is 37.2 Å². The summed E-state index contributed by atoms with van der Waals surface area (Å²) in [7, 11) is 0. The molecule has 1 unspecified atom stereocenters. The normalized spacial score (nSPS) is 16.2. The zero-order valence-corrected chi connectivity index (χ0v) is 12.3. The molecule has 1 heterocycles. The second-order valence-electron chi connectivity index (χ2n) is 5.79. The molecule has 1 atom stereocenters. The van der Waals surface area contributed by atoms with Crippen LogP contribution in [-0.2, 0) is 13.0 Å². The van der Waals surface area contributed by atoms with E-state index in [0.29, 0.717) is 0 Å². The highest BCUT2D eigenvalue weighted by molar-refractivity contribution is 5.56. The minimum absolute atomic E-state index is 0.172. The maximum atomic E-state index is 13.5. The van der Waals surface area contributed by atoms with Gasteiger partial charge in [0, 0.05) is 24.8 Å². The molecule has 0 aromatic heterocycles. The Morgan fingerprint density at radius 1 is 1.14 bits per heavy atom. The summed E-state index contributed by atoms with van der Waals surface area (Å²) in [5.74, 6) is -0.221. The molecule has 0 saturated heterocycles. The Bertz CT molecular complexity index is 637. The maximum absolute atomic E-state index is 13.5. The van der Waals surface area contributed by atoms with Gasteiger partial charge < -0.3 is 10.6 Å². The maximum Gasteiger partial charge on any atom is 0.123 e. The molecule has 1 aliphatic rings. The van der Waals surface area contributed by atoms with E-state index in [-0.39, 0.29) is 11.9 Å². The smallest absolute Gasteiger partial charge is 0.123 e. The standard InChI is InChI=1S/C18H21FN2/c1-13(20)17-11-16(19)8-9-18(17)21-10-4-7-14-5-2-3-6-15(14)12-21/h2-3,5-6,8-9,11,13H,4,7,10,12,20H2,1H3. The van der Waals surface area contributed by atoms with E-state index in [1.165, 1.54) is 17.2 Å². The van der Waals surface area contributed by atoms with Crippen molar-refractivity contribution in [2.24, 2.45) is 5.73 Å². The number of rotatable bonds is 2. The van der Waals surface area contributed by atoms with Crippen molar-refractivity contribution in [2.45, 2.75) is 32.4 Å². The van der Waals surface area contributed by atoms with Crippen molar-refractivity contribution in [3.05, 3.63) is 65.0 Å². The molecule has 2 aromatic rings. The summed E-state index contributed by atoms with van der Waals surface area (Å²) >= 11 is 0. The van der Waals surface area contributed by atoms with Gasteiger partial charge in [-0.15, -0.1) is 0 Å². The summed E-state index contributed by atoms with van der Waals surface area (Å²) in [6.07, 6.45) is 2.20. The Labute approximate surface area is 125 Å². The molecule has 0 aliphatic carbocycles. The quantitative estimate of drug-likeness (QED) is 0.909. The van der Waals surface area contributed by atoms with Gasteiger partial charge in [0.05, 0.1) is 0 Å². The highest BCUT2D eigenvalue weighted by atomic mass is 19.1. The van der Waals surface area contributed by atoms with Crippen molar-refractivity contribution in [3.8, 4) is 0 Å². The largest absolute Gasteiger partial charge is 0.367 e. The molecule has 21 heavy (non-hydrogen) atoms. The van der Waals surface area contributed by atoms with Crippen LogP contribution in [0.1, 0.15) is 36.1 Å². The van der Waals surface area contributed by atoms with Crippen LogP contribution >= 0.6 is 0 Å². The fourth-order valence-electron chi connectivity index (χ4n) is 3.08. The Morgan fingerprint density at radius 2 is 1.90 bits per heavy atom. The molecular weight excluding hydrogens is 263 g/mol. The highest BCUT2D eigenvalue weighted by Gasteiger charge is 2.18. The Balaban J connectivity index is 1.98. The molecule has 0 radical (unpaired) electrons.